The van der Waals surface area contributed by atoms with Crippen molar-refractivity contribution in [2.24, 2.45) is 11.7 Å². The molecule has 1 heterocycles. The molecule has 0 bridgehead atoms. The average Bonchev–Trinajstić information content (AvgIpc) is 2.76. The van der Waals surface area contributed by atoms with E-state index < -0.39 is 12.1 Å². The van der Waals surface area contributed by atoms with Gasteiger partial charge in [0.25, 0.3) is 5.91 Å². The molecule has 1 rings (SSSR count). The van der Waals surface area contributed by atoms with Crippen molar-refractivity contribution in [3.63, 3.8) is 0 Å². The average molecular weight is 255 g/mol. The van der Waals surface area contributed by atoms with Gasteiger partial charge in [0.05, 0.1) is 6.10 Å². The SMILES string of the molecule is CC(C)C(C)NC(=O)c1coc(C(N)C(C)O)n1. The number of hydrogen-bond acceptors (Lipinski definition) is 5. The molecule has 1 amide bonds. The van der Waals surface area contributed by atoms with Crippen molar-refractivity contribution in [1.29, 1.82) is 0 Å². The zero-order chi connectivity index (χ0) is 13.9. The third kappa shape index (κ3) is 3.54. The van der Waals surface area contributed by atoms with Gasteiger partial charge in [-0.2, -0.15) is 0 Å². The molecule has 1 aromatic heterocycles. The Morgan fingerprint density at radius 2 is 2.06 bits per heavy atom. The van der Waals surface area contributed by atoms with Gasteiger partial charge in [-0.15, -0.1) is 0 Å². The zero-order valence-electron chi connectivity index (χ0n) is 11.2. The first kappa shape index (κ1) is 14.7. The molecule has 0 aliphatic heterocycles. The number of aromatic nitrogens is 1. The molecule has 0 aromatic carbocycles. The third-order valence-electron chi connectivity index (χ3n) is 2.92. The maximum absolute atomic E-state index is 11.8. The van der Waals surface area contributed by atoms with E-state index in [1.807, 2.05) is 20.8 Å². The molecule has 1 aromatic rings. The summed E-state index contributed by atoms with van der Waals surface area (Å²) in [4.78, 5) is 15.8. The van der Waals surface area contributed by atoms with Crippen molar-refractivity contribution < 1.29 is 14.3 Å². The molecule has 0 aliphatic rings. The first-order valence-corrected chi connectivity index (χ1v) is 6.02. The summed E-state index contributed by atoms with van der Waals surface area (Å²) < 4.78 is 5.09. The van der Waals surface area contributed by atoms with E-state index in [1.165, 1.54) is 13.2 Å². The fourth-order valence-corrected chi connectivity index (χ4v) is 1.20. The van der Waals surface area contributed by atoms with Crippen LogP contribution in [0.15, 0.2) is 10.7 Å². The summed E-state index contributed by atoms with van der Waals surface area (Å²) in [5, 5.41) is 12.1. The summed E-state index contributed by atoms with van der Waals surface area (Å²) in [5.74, 6) is 0.191. The highest BCUT2D eigenvalue weighted by Crippen LogP contribution is 2.14. The number of nitrogens with one attached hydrogen (secondary N) is 1. The maximum Gasteiger partial charge on any atom is 0.273 e. The van der Waals surface area contributed by atoms with E-state index in [2.05, 4.69) is 10.3 Å². The van der Waals surface area contributed by atoms with Crippen LogP contribution >= 0.6 is 0 Å². The lowest BCUT2D eigenvalue weighted by Crippen LogP contribution is -2.36. The van der Waals surface area contributed by atoms with Gasteiger partial charge in [-0.3, -0.25) is 4.79 Å². The molecular formula is C12H21N3O3. The van der Waals surface area contributed by atoms with Gasteiger partial charge in [0, 0.05) is 6.04 Å². The lowest BCUT2D eigenvalue weighted by Gasteiger charge is -2.16. The van der Waals surface area contributed by atoms with Crippen molar-refractivity contribution in [2.75, 3.05) is 0 Å². The monoisotopic (exact) mass is 255 g/mol. The van der Waals surface area contributed by atoms with Gasteiger partial charge in [0.1, 0.15) is 12.3 Å². The predicted octanol–water partition coefficient (Wildman–Crippen LogP) is 0.830. The Balaban J connectivity index is 2.71. The predicted molar refractivity (Wildman–Crippen MR) is 66.9 cm³/mol. The number of nitrogens with two attached hydrogens (primary N) is 1. The number of carbonyl (C=O) groups excluding carboxylic acids is 1. The largest absolute Gasteiger partial charge is 0.446 e. The number of aliphatic hydroxyl groups is 1. The van der Waals surface area contributed by atoms with Gasteiger partial charge in [0.15, 0.2) is 5.69 Å². The summed E-state index contributed by atoms with van der Waals surface area (Å²) in [6.07, 6.45) is 0.467. The van der Waals surface area contributed by atoms with E-state index in [9.17, 15) is 9.90 Å². The van der Waals surface area contributed by atoms with Crippen molar-refractivity contribution in [2.45, 2.75) is 45.9 Å². The van der Waals surface area contributed by atoms with Crippen molar-refractivity contribution in [3.05, 3.63) is 17.8 Å². The van der Waals surface area contributed by atoms with Crippen LogP contribution in [0, 0.1) is 5.92 Å². The summed E-state index contributed by atoms with van der Waals surface area (Å²) in [6.45, 7) is 7.49. The molecule has 0 fully saturated rings. The number of rotatable bonds is 5. The molecule has 4 N–H and O–H groups in total. The molecule has 6 heteroatoms. The highest BCUT2D eigenvalue weighted by Gasteiger charge is 2.21. The second-order valence-electron chi connectivity index (χ2n) is 4.84. The van der Waals surface area contributed by atoms with E-state index in [0.717, 1.165) is 0 Å². The fraction of sp³-hybridized carbons (Fsp3) is 0.667. The minimum Gasteiger partial charge on any atom is -0.446 e. The van der Waals surface area contributed by atoms with E-state index in [0.29, 0.717) is 5.92 Å². The number of hydrogen-bond donors (Lipinski definition) is 3. The number of amides is 1. The first-order chi connectivity index (χ1) is 8.32. The number of aliphatic hydroxyl groups excluding tert-OH is 1. The van der Waals surface area contributed by atoms with Gasteiger partial charge in [-0.25, -0.2) is 4.98 Å². The van der Waals surface area contributed by atoms with Crippen LogP contribution in [0.3, 0.4) is 0 Å². The third-order valence-corrected chi connectivity index (χ3v) is 2.92. The van der Waals surface area contributed by atoms with E-state index >= 15 is 0 Å². The van der Waals surface area contributed by atoms with Gasteiger partial charge >= 0.3 is 0 Å². The Labute approximate surface area is 107 Å². The van der Waals surface area contributed by atoms with Crippen LogP contribution in [0.4, 0.5) is 0 Å². The Kier molecular flexibility index (Phi) is 4.86. The smallest absolute Gasteiger partial charge is 0.273 e. The summed E-state index contributed by atoms with van der Waals surface area (Å²) in [5.41, 5.74) is 5.84. The fourth-order valence-electron chi connectivity index (χ4n) is 1.20. The second-order valence-corrected chi connectivity index (χ2v) is 4.84. The van der Waals surface area contributed by atoms with Crippen LogP contribution in [0.1, 0.15) is 50.1 Å². The molecule has 0 saturated heterocycles. The summed E-state index contributed by atoms with van der Waals surface area (Å²) >= 11 is 0. The quantitative estimate of drug-likeness (QED) is 0.723. The standard InChI is InChI=1S/C12H21N3O3/c1-6(2)7(3)14-11(17)9-5-18-12(15-9)10(13)8(4)16/h5-8,10,16H,13H2,1-4H3,(H,14,17). The highest BCUT2D eigenvalue weighted by molar-refractivity contribution is 5.92. The topological polar surface area (TPSA) is 101 Å². The Bertz CT molecular complexity index is 401. The van der Waals surface area contributed by atoms with Gasteiger partial charge in [0.2, 0.25) is 5.89 Å². The lowest BCUT2D eigenvalue weighted by molar-refractivity contribution is 0.0925. The Hall–Kier alpha value is -1.40. The molecule has 6 nitrogen and oxygen atoms in total. The molecule has 3 unspecified atom stereocenters. The van der Waals surface area contributed by atoms with Crippen molar-refractivity contribution in [3.8, 4) is 0 Å². The highest BCUT2D eigenvalue weighted by atomic mass is 16.3. The first-order valence-electron chi connectivity index (χ1n) is 6.02. The van der Waals surface area contributed by atoms with Crippen LogP contribution in [-0.4, -0.2) is 28.1 Å². The number of nitrogens with zero attached hydrogens (tertiary/aromatic N) is 1. The molecule has 18 heavy (non-hydrogen) atoms. The van der Waals surface area contributed by atoms with E-state index in [4.69, 9.17) is 10.2 Å². The van der Waals surface area contributed by atoms with Gasteiger partial charge in [-0.1, -0.05) is 13.8 Å². The van der Waals surface area contributed by atoms with Crippen LogP contribution < -0.4 is 11.1 Å². The molecule has 102 valence electrons. The zero-order valence-corrected chi connectivity index (χ0v) is 11.2. The Morgan fingerprint density at radius 3 is 2.56 bits per heavy atom. The summed E-state index contributed by atoms with van der Waals surface area (Å²) in [7, 11) is 0. The number of oxazole rings is 1. The van der Waals surface area contributed by atoms with E-state index in [1.54, 1.807) is 0 Å². The van der Waals surface area contributed by atoms with E-state index in [-0.39, 0.29) is 23.5 Å². The summed E-state index contributed by atoms with van der Waals surface area (Å²) in [6, 6.07) is -0.683. The molecule has 0 saturated carbocycles. The second kappa shape index (κ2) is 5.97. The van der Waals surface area contributed by atoms with Crippen LogP contribution in [0.2, 0.25) is 0 Å². The van der Waals surface area contributed by atoms with Crippen LogP contribution in [-0.2, 0) is 0 Å². The normalized spacial score (nSPS) is 16.4. The Morgan fingerprint density at radius 1 is 1.44 bits per heavy atom. The van der Waals surface area contributed by atoms with Crippen LogP contribution in [0.25, 0.3) is 0 Å². The van der Waals surface area contributed by atoms with Gasteiger partial charge < -0.3 is 20.6 Å². The minimum absolute atomic E-state index is 0.0445. The van der Waals surface area contributed by atoms with Gasteiger partial charge in [-0.05, 0) is 19.8 Å². The lowest BCUT2D eigenvalue weighted by atomic mass is 10.1. The van der Waals surface area contributed by atoms with Crippen molar-refractivity contribution in [1.82, 2.24) is 10.3 Å². The molecule has 3 atom stereocenters. The minimum atomic E-state index is -0.783. The molecule has 0 spiro atoms. The van der Waals surface area contributed by atoms with Crippen molar-refractivity contribution >= 4 is 5.91 Å². The maximum atomic E-state index is 11.8. The molecule has 0 radical (unpaired) electrons. The van der Waals surface area contributed by atoms with Crippen LogP contribution in [0.5, 0.6) is 0 Å². The molecular weight excluding hydrogens is 234 g/mol. The molecule has 0 aliphatic carbocycles. The number of carbonyl (C=O) groups is 1.